The maximum atomic E-state index is 12.6. The first-order chi connectivity index (χ1) is 10.8. The van der Waals surface area contributed by atoms with Gasteiger partial charge in [0.15, 0.2) is 0 Å². The lowest BCUT2D eigenvalue weighted by Gasteiger charge is -2.16. The zero-order valence-electron chi connectivity index (χ0n) is 14.4. The van der Waals surface area contributed by atoms with Gasteiger partial charge < -0.3 is 4.90 Å². The van der Waals surface area contributed by atoms with Crippen LogP contribution in [0.4, 0.5) is 0 Å². The molecule has 0 aliphatic carbocycles. The fourth-order valence-electron chi connectivity index (χ4n) is 2.79. The Morgan fingerprint density at radius 2 is 2.04 bits per heavy atom. The van der Waals surface area contributed by atoms with Gasteiger partial charge in [0.25, 0.3) is 0 Å². The summed E-state index contributed by atoms with van der Waals surface area (Å²) in [7, 11) is 0. The number of hydrogen-bond donors (Lipinski definition) is 1. The lowest BCUT2D eigenvalue weighted by atomic mass is 9.95. The van der Waals surface area contributed by atoms with Crippen LogP contribution in [0.2, 0.25) is 0 Å². The molecule has 122 valence electrons. The van der Waals surface area contributed by atoms with E-state index in [0.717, 1.165) is 34.0 Å². The molecular formula is C17H23N5O. The molecule has 2 aromatic rings. The van der Waals surface area contributed by atoms with Crippen molar-refractivity contribution >= 4 is 5.91 Å². The number of aryl methyl sites for hydroxylation is 2. The van der Waals surface area contributed by atoms with Crippen LogP contribution < -0.4 is 0 Å². The van der Waals surface area contributed by atoms with Crippen LogP contribution in [0.3, 0.4) is 0 Å². The number of carbonyl (C=O) groups excluding carboxylic acids is 1. The number of aromatic nitrogens is 4. The summed E-state index contributed by atoms with van der Waals surface area (Å²) in [5, 5.41) is 7.09. The van der Waals surface area contributed by atoms with Crippen molar-refractivity contribution in [2.45, 2.75) is 59.5 Å². The van der Waals surface area contributed by atoms with E-state index in [1.807, 2.05) is 24.9 Å². The van der Waals surface area contributed by atoms with Crippen molar-refractivity contribution in [2.75, 3.05) is 0 Å². The van der Waals surface area contributed by atoms with Crippen molar-refractivity contribution in [1.82, 2.24) is 25.1 Å². The van der Waals surface area contributed by atoms with Crippen molar-refractivity contribution in [3.63, 3.8) is 0 Å². The number of carbonyl (C=O) groups is 1. The van der Waals surface area contributed by atoms with Gasteiger partial charge in [0.1, 0.15) is 5.82 Å². The van der Waals surface area contributed by atoms with Gasteiger partial charge in [-0.25, -0.2) is 9.97 Å². The molecule has 6 heteroatoms. The minimum atomic E-state index is -0.0858. The van der Waals surface area contributed by atoms with Crippen LogP contribution in [-0.2, 0) is 29.7 Å². The van der Waals surface area contributed by atoms with Crippen LogP contribution >= 0.6 is 0 Å². The fourth-order valence-corrected chi connectivity index (χ4v) is 2.79. The third-order valence-corrected chi connectivity index (χ3v) is 4.29. The van der Waals surface area contributed by atoms with E-state index in [1.54, 1.807) is 0 Å². The van der Waals surface area contributed by atoms with E-state index in [2.05, 4.69) is 40.9 Å². The van der Waals surface area contributed by atoms with Gasteiger partial charge in [0, 0.05) is 35.0 Å². The Morgan fingerprint density at radius 1 is 1.30 bits per heavy atom. The average molecular weight is 313 g/mol. The summed E-state index contributed by atoms with van der Waals surface area (Å²) in [6.07, 6.45) is 2.24. The molecule has 3 heterocycles. The molecule has 0 atom stereocenters. The van der Waals surface area contributed by atoms with Crippen LogP contribution in [-0.4, -0.2) is 31.0 Å². The number of amides is 1. The molecular weight excluding hydrogens is 290 g/mol. The molecule has 1 amide bonds. The molecule has 0 aromatic carbocycles. The predicted octanol–water partition coefficient (Wildman–Crippen LogP) is 2.20. The summed E-state index contributed by atoms with van der Waals surface area (Å²) < 4.78 is 0. The first kappa shape index (κ1) is 15.6. The summed E-state index contributed by atoms with van der Waals surface area (Å²) >= 11 is 0. The van der Waals surface area contributed by atoms with Gasteiger partial charge >= 0.3 is 0 Å². The highest BCUT2D eigenvalue weighted by atomic mass is 16.2. The second-order valence-electron chi connectivity index (χ2n) is 7.25. The van der Waals surface area contributed by atoms with Crippen LogP contribution in [0.15, 0.2) is 6.20 Å². The lowest BCUT2D eigenvalue weighted by molar-refractivity contribution is -0.131. The Morgan fingerprint density at radius 3 is 2.65 bits per heavy atom. The largest absolute Gasteiger partial charge is 0.332 e. The highest BCUT2D eigenvalue weighted by Gasteiger charge is 2.28. The van der Waals surface area contributed by atoms with E-state index in [1.165, 1.54) is 0 Å². The monoisotopic (exact) mass is 313 g/mol. The Balaban J connectivity index is 1.75. The maximum absolute atomic E-state index is 12.6. The second-order valence-corrected chi connectivity index (χ2v) is 7.25. The molecule has 23 heavy (non-hydrogen) atoms. The van der Waals surface area contributed by atoms with Crippen molar-refractivity contribution in [2.24, 2.45) is 0 Å². The number of H-pyrrole nitrogens is 1. The summed E-state index contributed by atoms with van der Waals surface area (Å²) in [6, 6.07) is 0. The standard InChI is InChI=1S/C17H23N5O/c1-10-13(11(2)21-20-10)6-15(23)22-8-12-7-18-16(17(3,4)5)19-14(12)9-22/h7H,6,8-9H2,1-5H3,(H,20,21). The minimum Gasteiger partial charge on any atom is -0.332 e. The average Bonchev–Trinajstić information content (AvgIpc) is 3.03. The van der Waals surface area contributed by atoms with Gasteiger partial charge in [-0.05, 0) is 13.8 Å². The van der Waals surface area contributed by atoms with Crippen LogP contribution in [0, 0.1) is 13.8 Å². The van der Waals surface area contributed by atoms with Gasteiger partial charge in [-0.2, -0.15) is 5.10 Å². The molecule has 1 N–H and O–H groups in total. The molecule has 3 rings (SSSR count). The molecule has 2 aromatic heterocycles. The van der Waals surface area contributed by atoms with Gasteiger partial charge in [-0.15, -0.1) is 0 Å². The van der Waals surface area contributed by atoms with Gasteiger partial charge in [0.2, 0.25) is 5.91 Å². The van der Waals surface area contributed by atoms with Gasteiger partial charge in [-0.1, -0.05) is 20.8 Å². The van der Waals surface area contributed by atoms with E-state index >= 15 is 0 Å². The molecule has 1 aliphatic rings. The van der Waals surface area contributed by atoms with Crippen molar-refractivity contribution in [1.29, 1.82) is 0 Å². The van der Waals surface area contributed by atoms with Crippen LogP contribution in [0.5, 0.6) is 0 Å². The molecule has 0 spiro atoms. The first-order valence-electron chi connectivity index (χ1n) is 7.89. The molecule has 0 saturated heterocycles. The SMILES string of the molecule is Cc1n[nH]c(C)c1CC(=O)N1Cc2cnc(C(C)(C)C)nc2C1. The third-order valence-electron chi connectivity index (χ3n) is 4.29. The number of aromatic amines is 1. The van der Waals surface area contributed by atoms with Gasteiger partial charge in [0.05, 0.1) is 24.4 Å². The molecule has 0 saturated carbocycles. The molecule has 1 aliphatic heterocycles. The third kappa shape index (κ3) is 2.98. The highest BCUT2D eigenvalue weighted by Crippen LogP contribution is 2.25. The zero-order valence-corrected chi connectivity index (χ0v) is 14.4. The normalized spacial score (nSPS) is 14.2. The van der Waals surface area contributed by atoms with E-state index in [4.69, 9.17) is 0 Å². The Kier molecular flexibility index (Phi) is 3.70. The maximum Gasteiger partial charge on any atom is 0.227 e. The zero-order chi connectivity index (χ0) is 16.8. The number of nitrogens with zero attached hydrogens (tertiary/aromatic N) is 4. The smallest absolute Gasteiger partial charge is 0.227 e. The summed E-state index contributed by atoms with van der Waals surface area (Å²) in [6.45, 7) is 11.3. The quantitative estimate of drug-likeness (QED) is 0.922. The number of hydrogen-bond acceptors (Lipinski definition) is 4. The molecule has 0 fully saturated rings. The van der Waals surface area contributed by atoms with E-state index in [0.29, 0.717) is 19.5 Å². The second kappa shape index (κ2) is 5.44. The predicted molar refractivity (Wildman–Crippen MR) is 86.8 cm³/mol. The lowest BCUT2D eigenvalue weighted by Crippen LogP contribution is -2.27. The summed E-state index contributed by atoms with van der Waals surface area (Å²) in [5.74, 6) is 0.931. The van der Waals surface area contributed by atoms with Crippen molar-refractivity contribution in [3.05, 3.63) is 40.2 Å². The van der Waals surface area contributed by atoms with Crippen molar-refractivity contribution < 1.29 is 4.79 Å². The Labute approximate surface area is 136 Å². The summed E-state index contributed by atoms with van der Waals surface area (Å²) in [5.41, 5.74) is 4.78. The van der Waals surface area contributed by atoms with Gasteiger partial charge in [-0.3, -0.25) is 9.89 Å². The molecule has 6 nitrogen and oxygen atoms in total. The first-order valence-corrected chi connectivity index (χ1v) is 7.89. The number of rotatable bonds is 2. The Bertz CT molecular complexity index is 737. The number of nitrogens with one attached hydrogen (secondary N) is 1. The van der Waals surface area contributed by atoms with E-state index in [-0.39, 0.29) is 11.3 Å². The van der Waals surface area contributed by atoms with E-state index in [9.17, 15) is 4.79 Å². The van der Waals surface area contributed by atoms with Crippen LogP contribution in [0.25, 0.3) is 0 Å². The number of fused-ring (bicyclic) bond motifs is 1. The van der Waals surface area contributed by atoms with Crippen molar-refractivity contribution in [3.8, 4) is 0 Å². The molecule has 0 bridgehead atoms. The Hall–Kier alpha value is -2.24. The summed E-state index contributed by atoms with van der Waals surface area (Å²) in [4.78, 5) is 23.6. The fraction of sp³-hybridized carbons (Fsp3) is 0.529. The molecule has 0 radical (unpaired) electrons. The van der Waals surface area contributed by atoms with E-state index < -0.39 is 0 Å². The van der Waals surface area contributed by atoms with Crippen LogP contribution in [0.1, 0.15) is 54.8 Å². The highest BCUT2D eigenvalue weighted by molar-refractivity contribution is 5.79. The minimum absolute atomic E-state index is 0.0858. The molecule has 0 unspecified atom stereocenters. The topological polar surface area (TPSA) is 74.8 Å².